The van der Waals surface area contributed by atoms with Gasteiger partial charge in [-0.2, -0.15) is 0 Å². The van der Waals surface area contributed by atoms with Crippen molar-refractivity contribution in [3.8, 4) is 89.0 Å². The molecule has 12 heteroatoms. The van der Waals surface area contributed by atoms with Crippen molar-refractivity contribution in [1.82, 2.24) is 39.9 Å². The SMILES string of the molecule is O=C1c2nc(c(-c3ccccc3)c3ccc([n-]3)c(-c3ccccc3)c3nc(c(-c4ccccc4)c4ccc([n-]4)c2-c2ccccc2)C=C3)C1C12C(=O)c3nc1c(c1ccc([n-]1)c(-c1ccccc1)c1nc(c(-c4ccccc4)c4ccc([n-]4)c3-c3ccccc3)C=C1)-c1ccccc12.[Ni+2].[Ni+2]. The van der Waals surface area contributed by atoms with Gasteiger partial charge in [-0.15, -0.1) is 44.1 Å². The van der Waals surface area contributed by atoms with Crippen molar-refractivity contribution in [2.75, 3.05) is 0 Å². The summed E-state index contributed by atoms with van der Waals surface area (Å²) in [5, 5.41) is 0. The number of ketones is 2. The van der Waals surface area contributed by atoms with Gasteiger partial charge in [0.05, 0.1) is 40.1 Å². The van der Waals surface area contributed by atoms with Crippen molar-refractivity contribution in [2.45, 2.75) is 11.3 Å². The van der Waals surface area contributed by atoms with E-state index < -0.39 is 22.9 Å². The predicted octanol–water partition coefficient (Wildman–Crippen LogP) is 19.3. The van der Waals surface area contributed by atoms with E-state index in [9.17, 15) is 0 Å². The Balaban J connectivity index is 0.00000374. The van der Waals surface area contributed by atoms with Gasteiger partial charge in [0.25, 0.3) is 0 Å². The Morgan fingerprint density at radius 2 is 0.550 bits per heavy atom. The van der Waals surface area contributed by atoms with Gasteiger partial charge < -0.3 is 19.9 Å². The van der Waals surface area contributed by atoms with Crippen LogP contribution in [0.2, 0.25) is 0 Å². The first-order valence-electron chi connectivity index (χ1n) is 32.8. The van der Waals surface area contributed by atoms with E-state index in [1.54, 1.807) is 0 Å². The topological polar surface area (TPSA) is 142 Å². The molecule has 0 N–H and O–H groups in total. The summed E-state index contributed by atoms with van der Waals surface area (Å²) in [6.07, 6.45) is 8.22. The van der Waals surface area contributed by atoms with E-state index >= 15 is 9.59 Å². The fourth-order valence-corrected chi connectivity index (χ4v) is 15.4. The first-order chi connectivity index (χ1) is 48.4. The van der Waals surface area contributed by atoms with Crippen LogP contribution < -0.4 is 19.9 Å². The van der Waals surface area contributed by atoms with Crippen LogP contribution >= 0.6 is 0 Å². The van der Waals surface area contributed by atoms with Crippen molar-refractivity contribution in [3.05, 3.63) is 336 Å². The molecule has 10 nitrogen and oxygen atoms in total. The molecule has 100 heavy (non-hydrogen) atoms. The number of benzene rings is 8. The maximum Gasteiger partial charge on any atom is 2.00 e. The van der Waals surface area contributed by atoms with Gasteiger partial charge in [-0.05, 0) is 119 Å². The second kappa shape index (κ2) is 24.7. The maximum absolute atomic E-state index is 18.1. The molecule has 0 amide bonds. The molecular formula is C88H52N8Ni2O2. The molecule has 0 spiro atoms. The van der Waals surface area contributed by atoms with Gasteiger partial charge in [-0.3, -0.25) is 9.59 Å². The molecule has 2 unspecified atom stereocenters. The molecule has 1 aliphatic carbocycles. The standard InChI is InChI=1S/C88H54N8O2.2Ni/c97-85-81(82-77(56-32-16-5-17-33-56)69-48-44-65(91-69)73(52-24-8-1-9-25-52)61-40-41-62(89-61)74(53-26-10-2-11-27-53)66-45-49-70(92-66)78(83(85)95-82)57-34-18-6-19-35-57)88-60-39-23-22-38-59(60)80-72-51-47-68(94-72)76(55-30-14-4-15-31-55)64-43-42-63(90-64)75(54-28-12-3-13-29-54)67-46-50-71(93-67)79(58-36-20-7-21-37-58)84(87(88)98)96-86(80)88;;/h1-51,81H,(H2-2,89,90,91,92,93,94,95,96,97,98);;/q-2;2*+2/p-2. The van der Waals surface area contributed by atoms with Gasteiger partial charge in [0.2, 0.25) is 0 Å². The summed E-state index contributed by atoms with van der Waals surface area (Å²) in [7, 11) is 0. The van der Waals surface area contributed by atoms with E-state index in [1.165, 1.54) is 0 Å². The van der Waals surface area contributed by atoms with Crippen molar-refractivity contribution in [2.24, 2.45) is 0 Å². The van der Waals surface area contributed by atoms with Crippen molar-refractivity contribution < 1.29 is 42.6 Å². The number of rotatable bonds is 8. The quantitative estimate of drug-likeness (QED) is 0.135. The van der Waals surface area contributed by atoms with Crippen LogP contribution in [-0.4, -0.2) is 31.5 Å². The number of hydrogen-bond donors (Lipinski definition) is 0. The van der Waals surface area contributed by atoms with Gasteiger partial charge >= 0.3 is 33.0 Å². The summed E-state index contributed by atoms with van der Waals surface area (Å²) < 4.78 is 0. The number of aromatic nitrogens is 8. The molecule has 19 rings (SSSR count). The molecule has 8 aromatic carbocycles. The molecule has 476 valence electrons. The van der Waals surface area contributed by atoms with E-state index in [2.05, 4.69) is 72.8 Å². The Morgan fingerprint density at radius 3 is 0.910 bits per heavy atom. The molecule has 2 atom stereocenters. The second-order valence-electron chi connectivity index (χ2n) is 25.0. The Morgan fingerprint density at radius 1 is 0.270 bits per heavy atom. The van der Waals surface area contributed by atoms with Crippen LogP contribution in [0.4, 0.5) is 0 Å². The van der Waals surface area contributed by atoms with Crippen molar-refractivity contribution in [1.29, 1.82) is 0 Å². The van der Waals surface area contributed by atoms with E-state index in [0.717, 1.165) is 67.2 Å². The molecule has 0 radical (unpaired) electrons. The van der Waals surface area contributed by atoms with E-state index in [4.69, 9.17) is 39.9 Å². The molecule has 0 saturated carbocycles. The Labute approximate surface area is 594 Å². The number of nitrogens with zero attached hydrogens (tertiary/aromatic N) is 8. The summed E-state index contributed by atoms with van der Waals surface area (Å²) >= 11 is 0. The minimum absolute atomic E-state index is 0. The molecule has 14 aromatic rings. The Hall–Kier alpha value is -12.2. The molecule has 0 fully saturated rings. The molecule has 10 heterocycles. The Kier molecular flexibility index (Phi) is 15.2. The monoisotopic (exact) mass is 1370 g/mol. The number of hydrogen-bond acceptors (Lipinski definition) is 6. The van der Waals surface area contributed by atoms with Crippen LogP contribution in [0.3, 0.4) is 0 Å². The third-order valence-electron chi connectivity index (χ3n) is 19.5. The largest absolute Gasteiger partial charge is 2.00 e. The van der Waals surface area contributed by atoms with Crippen molar-refractivity contribution in [3.63, 3.8) is 0 Å². The van der Waals surface area contributed by atoms with E-state index in [-0.39, 0.29) is 44.4 Å². The van der Waals surface area contributed by atoms with Crippen LogP contribution in [0.5, 0.6) is 0 Å². The van der Waals surface area contributed by atoms with E-state index in [0.29, 0.717) is 106 Å². The first kappa shape index (κ1) is 61.4. The molecule has 0 saturated heterocycles. The molecule has 6 aromatic heterocycles. The average molecular weight is 1370 g/mol. The fourth-order valence-electron chi connectivity index (χ4n) is 15.4. The third kappa shape index (κ3) is 9.66. The van der Waals surface area contributed by atoms with Crippen LogP contribution in [0.15, 0.2) is 285 Å². The second-order valence-corrected chi connectivity index (χ2v) is 25.0. The minimum Gasteiger partial charge on any atom is -0.657 e. The van der Waals surface area contributed by atoms with Gasteiger partial charge in [0.1, 0.15) is 16.8 Å². The summed E-state index contributed by atoms with van der Waals surface area (Å²) in [4.78, 5) is 81.2. The predicted molar refractivity (Wildman–Crippen MR) is 391 cm³/mol. The summed E-state index contributed by atoms with van der Waals surface area (Å²) in [5.74, 6) is -2.19. The number of fused-ring (bicyclic) bond motifs is 19. The Bertz CT molecular complexity index is 6090. The van der Waals surface area contributed by atoms with Crippen LogP contribution in [-0.2, 0) is 38.4 Å². The van der Waals surface area contributed by atoms with Gasteiger partial charge in [-0.25, -0.2) is 19.9 Å². The zero-order valence-electron chi connectivity index (χ0n) is 53.0. The smallest absolute Gasteiger partial charge is 0.657 e. The van der Waals surface area contributed by atoms with E-state index in [1.807, 2.05) is 237 Å². The molecule has 4 aliphatic heterocycles. The van der Waals surface area contributed by atoms with Gasteiger partial charge in [0.15, 0.2) is 11.6 Å². The maximum atomic E-state index is 18.1. The number of Topliss-reactive ketones (excluding diaryl/α,β-unsaturated/α-hetero) is 2. The van der Waals surface area contributed by atoms with Crippen molar-refractivity contribution >= 4 is 80.0 Å². The molecule has 16 bridgehead atoms. The van der Waals surface area contributed by atoms with Crippen LogP contribution in [0.1, 0.15) is 66.6 Å². The fraction of sp³-hybridized carbons (Fsp3) is 0.0227. The summed E-state index contributed by atoms with van der Waals surface area (Å²) in [6, 6.07) is 94.4. The van der Waals surface area contributed by atoms with Crippen LogP contribution in [0, 0.1) is 0 Å². The number of carbonyl (C=O) groups excluding carboxylic acids is 2. The zero-order valence-corrected chi connectivity index (χ0v) is 55.0. The summed E-state index contributed by atoms with van der Waals surface area (Å²) in [5.41, 5.74) is 19.3. The minimum atomic E-state index is -1.92. The van der Waals surface area contributed by atoms with Crippen LogP contribution in [0.25, 0.3) is 157 Å². The van der Waals surface area contributed by atoms with Gasteiger partial charge in [-0.1, -0.05) is 285 Å². The third-order valence-corrected chi connectivity index (χ3v) is 19.5. The average Bonchev–Trinajstić information content (AvgIpc) is 1.50. The number of carbonyl (C=O) groups is 2. The normalized spacial score (nSPS) is 14.7. The molecular weight excluding hydrogens is 1320 g/mol. The van der Waals surface area contributed by atoms with Gasteiger partial charge in [0, 0.05) is 0 Å². The first-order valence-corrected chi connectivity index (χ1v) is 32.8. The molecule has 5 aliphatic rings. The zero-order chi connectivity index (χ0) is 65.0. The summed E-state index contributed by atoms with van der Waals surface area (Å²) in [6.45, 7) is 0.